The molecule has 7 N–H and O–H groups in total. The van der Waals surface area contributed by atoms with Gasteiger partial charge in [-0.2, -0.15) is 0 Å². The Labute approximate surface area is 159 Å². The molecular formula is C17H32N4O6. The lowest BCUT2D eigenvalue weighted by molar-refractivity contribution is -0.145. The van der Waals surface area contributed by atoms with Crippen LogP contribution < -0.4 is 21.7 Å². The molecule has 5 unspecified atom stereocenters. The predicted molar refractivity (Wildman–Crippen MR) is 98.4 cm³/mol. The molecule has 0 aliphatic heterocycles. The first-order valence-corrected chi connectivity index (χ1v) is 8.87. The summed E-state index contributed by atoms with van der Waals surface area (Å²) in [6.45, 7) is 9.56. The quantitative estimate of drug-likeness (QED) is 0.266. The Hall–Kier alpha value is -2.20. The summed E-state index contributed by atoms with van der Waals surface area (Å²) in [7, 11) is 0. The minimum Gasteiger partial charge on any atom is -0.480 e. The number of aliphatic carboxylic acids is 1. The molecule has 0 spiro atoms. The van der Waals surface area contributed by atoms with Gasteiger partial charge in [-0.1, -0.05) is 27.7 Å². The molecular weight excluding hydrogens is 356 g/mol. The predicted octanol–water partition coefficient (Wildman–Crippen LogP) is -1.43. The Bertz CT molecular complexity index is 550. The number of hydrogen-bond acceptors (Lipinski definition) is 6. The van der Waals surface area contributed by atoms with Gasteiger partial charge in [0.15, 0.2) is 6.04 Å². The van der Waals surface area contributed by atoms with Gasteiger partial charge in [0, 0.05) is 0 Å². The number of carboxylic acid groups (broad SMARTS) is 1. The first kappa shape index (κ1) is 24.8. The molecule has 0 aromatic carbocycles. The van der Waals surface area contributed by atoms with Crippen LogP contribution in [0.3, 0.4) is 0 Å². The van der Waals surface area contributed by atoms with E-state index in [1.807, 2.05) is 0 Å². The summed E-state index contributed by atoms with van der Waals surface area (Å²) in [4.78, 5) is 47.8. The molecule has 0 fully saturated rings. The lowest BCUT2D eigenvalue weighted by Gasteiger charge is -2.26. The lowest BCUT2D eigenvalue weighted by Crippen LogP contribution is -2.59. The summed E-state index contributed by atoms with van der Waals surface area (Å²) < 4.78 is 0. The van der Waals surface area contributed by atoms with E-state index in [0.29, 0.717) is 0 Å². The van der Waals surface area contributed by atoms with Crippen LogP contribution >= 0.6 is 0 Å². The zero-order valence-corrected chi connectivity index (χ0v) is 16.6. The third-order valence-electron chi connectivity index (χ3n) is 4.07. The standard InChI is InChI=1S/C17H32N4O6/c1-7(2)11(18)15(24)19-9(5)14(23)20-12(8(3)4)16(25)21-13(10(6)22)17(26)27/h7-13,22H,18H2,1-6H3,(H,19,24)(H,20,23)(H,21,25)(H,26,27). The molecule has 27 heavy (non-hydrogen) atoms. The van der Waals surface area contributed by atoms with Crippen molar-refractivity contribution < 1.29 is 29.4 Å². The van der Waals surface area contributed by atoms with E-state index in [0.717, 1.165) is 0 Å². The van der Waals surface area contributed by atoms with Gasteiger partial charge in [-0.3, -0.25) is 14.4 Å². The highest BCUT2D eigenvalue weighted by molar-refractivity contribution is 5.94. The van der Waals surface area contributed by atoms with Gasteiger partial charge >= 0.3 is 5.97 Å². The lowest BCUT2D eigenvalue weighted by atomic mass is 10.0. The molecule has 10 heteroatoms. The van der Waals surface area contributed by atoms with Crippen LogP contribution in [0.4, 0.5) is 0 Å². The number of nitrogens with two attached hydrogens (primary N) is 1. The van der Waals surface area contributed by atoms with Gasteiger partial charge in [-0.25, -0.2) is 4.79 Å². The van der Waals surface area contributed by atoms with Gasteiger partial charge < -0.3 is 31.9 Å². The number of carbonyl (C=O) groups is 4. The molecule has 0 heterocycles. The zero-order valence-electron chi connectivity index (χ0n) is 16.6. The van der Waals surface area contributed by atoms with Crippen LogP contribution in [-0.2, 0) is 19.2 Å². The van der Waals surface area contributed by atoms with Gasteiger partial charge in [0.05, 0.1) is 12.1 Å². The molecule has 0 aromatic heterocycles. The van der Waals surface area contributed by atoms with Crippen molar-refractivity contribution in [3.63, 3.8) is 0 Å². The number of aliphatic hydroxyl groups is 1. The largest absolute Gasteiger partial charge is 0.480 e. The zero-order chi connectivity index (χ0) is 21.5. The van der Waals surface area contributed by atoms with E-state index in [9.17, 15) is 24.3 Å². The van der Waals surface area contributed by atoms with Crippen LogP contribution in [0, 0.1) is 11.8 Å². The van der Waals surface area contributed by atoms with Crippen LogP contribution in [0.2, 0.25) is 0 Å². The molecule has 0 bridgehead atoms. The molecule has 0 rings (SSSR count). The topological polar surface area (TPSA) is 171 Å². The number of aliphatic hydroxyl groups excluding tert-OH is 1. The van der Waals surface area contributed by atoms with Gasteiger partial charge in [-0.05, 0) is 25.7 Å². The Morgan fingerprint density at radius 1 is 0.741 bits per heavy atom. The van der Waals surface area contributed by atoms with Crippen molar-refractivity contribution in [2.24, 2.45) is 17.6 Å². The molecule has 0 aliphatic carbocycles. The van der Waals surface area contributed by atoms with Crippen molar-refractivity contribution in [1.82, 2.24) is 16.0 Å². The summed E-state index contributed by atoms with van der Waals surface area (Å²) in [5.74, 6) is -3.71. The van der Waals surface area contributed by atoms with Crippen LogP contribution in [0.15, 0.2) is 0 Å². The van der Waals surface area contributed by atoms with Crippen molar-refractivity contribution in [3.05, 3.63) is 0 Å². The first-order chi connectivity index (χ1) is 12.3. The van der Waals surface area contributed by atoms with E-state index in [-0.39, 0.29) is 11.8 Å². The van der Waals surface area contributed by atoms with E-state index in [2.05, 4.69) is 16.0 Å². The van der Waals surface area contributed by atoms with Gasteiger partial charge in [-0.15, -0.1) is 0 Å². The highest BCUT2D eigenvalue weighted by Crippen LogP contribution is 2.05. The number of carbonyl (C=O) groups excluding carboxylic acids is 3. The number of hydrogen-bond donors (Lipinski definition) is 6. The third kappa shape index (κ3) is 7.92. The second-order valence-corrected chi connectivity index (χ2v) is 7.30. The number of nitrogens with one attached hydrogen (secondary N) is 3. The summed E-state index contributed by atoms with van der Waals surface area (Å²) in [5.41, 5.74) is 5.73. The van der Waals surface area contributed by atoms with E-state index in [1.54, 1.807) is 27.7 Å². The molecule has 0 saturated heterocycles. The van der Waals surface area contributed by atoms with E-state index in [1.165, 1.54) is 13.8 Å². The summed E-state index contributed by atoms with van der Waals surface area (Å²) in [6, 6.07) is -4.26. The van der Waals surface area contributed by atoms with Crippen molar-refractivity contribution in [2.45, 2.75) is 71.8 Å². The number of amides is 3. The maximum Gasteiger partial charge on any atom is 0.328 e. The van der Waals surface area contributed by atoms with Crippen molar-refractivity contribution in [3.8, 4) is 0 Å². The van der Waals surface area contributed by atoms with Crippen molar-refractivity contribution in [2.75, 3.05) is 0 Å². The fourth-order valence-electron chi connectivity index (χ4n) is 2.12. The van der Waals surface area contributed by atoms with Gasteiger partial charge in [0.2, 0.25) is 17.7 Å². The fraction of sp³-hybridized carbons (Fsp3) is 0.765. The van der Waals surface area contributed by atoms with Crippen LogP contribution in [0.5, 0.6) is 0 Å². The number of carboxylic acids is 1. The molecule has 0 saturated carbocycles. The Morgan fingerprint density at radius 2 is 1.22 bits per heavy atom. The minimum atomic E-state index is -1.50. The maximum absolute atomic E-state index is 12.4. The summed E-state index contributed by atoms with van der Waals surface area (Å²) >= 11 is 0. The van der Waals surface area contributed by atoms with Gasteiger partial charge in [0.1, 0.15) is 12.1 Å². The van der Waals surface area contributed by atoms with Crippen LogP contribution in [0.1, 0.15) is 41.5 Å². The Balaban J connectivity index is 5.03. The monoisotopic (exact) mass is 388 g/mol. The molecule has 156 valence electrons. The smallest absolute Gasteiger partial charge is 0.328 e. The second-order valence-electron chi connectivity index (χ2n) is 7.30. The SMILES string of the molecule is CC(NC(=O)C(N)C(C)C)C(=O)NC(C(=O)NC(C(=O)O)C(C)O)C(C)C. The highest BCUT2D eigenvalue weighted by Gasteiger charge is 2.32. The van der Waals surface area contributed by atoms with Gasteiger partial charge in [0.25, 0.3) is 0 Å². The first-order valence-electron chi connectivity index (χ1n) is 8.87. The minimum absolute atomic E-state index is 0.108. The van der Waals surface area contributed by atoms with Crippen molar-refractivity contribution in [1.29, 1.82) is 0 Å². The van der Waals surface area contributed by atoms with Crippen LogP contribution in [-0.4, -0.2) is 64.2 Å². The normalized spacial score (nSPS) is 16.8. The molecule has 0 aliphatic rings. The second kappa shape index (κ2) is 10.8. The number of rotatable bonds is 10. The third-order valence-corrected chi connectivity index (χ3v) is 4.07. The molecule has 3 amide bonds. The maximum atomic E-state index is 12.4. The average Bonchev–Trinajstić information content (AvgIpc) is 2.54. The highest BCUT2D eigenvalue weighted by atomic mass is 16.4. The average molecular weight is 388 g/mol. The fourth-order valence-corrected chi connectivity index (χ4v) is 2.12. The Morgan fingerprint density at radius 3 is 1.59 bits per heavy atom. The van der Waals surface area contributed by atoms with E-state index in [4.69, 9.17) is 10.8 Å². The molecule has 0 radical (unpaired) electrons. The molecule has 0 aromatic rings. The van der Waals surface area contributed by atoms with E-state index >= 15 is 0 Å². The Kier molecular flexibility index (Phi) is 9.95. The van der Waals surface area contributed by atoms with Crippen molar-refractivity contribution >= 4 is 23.7 Å². The molecule has 10 nitrogen and oxygen atoms in total. The summed E-state index contributed by atoms with van der Waals surface area (Å²) in [5, 5.41) is 25.7. The summed E-state index contributed by atoms with van der Waals surface area (Å²) in [6.07, 6.45) is -1.31. The molecule has 5 atom stereocenters. The van der Waals surface area contributed by atoms with E-state index < -0.39 is 54.0 Å². The van der Waals surface area contributed by atoms with Crippen LogP contribution in [0.25, 0.3) is 0 Å².